The molecule has 3 heteroatoms. The van der Waals surface area contributed by atoms with Crippen LogP contribution in [0.3, 0.4) is 0 Å². The van der Waals surface area contributed by atoms with Crippen LogP contribution < -0.4 is 17.0 Å². The zero-order valence-corrected chi connectivity index (χ0v) is 30.9. The lowest BCUT2D eigenvalue weighted by molar-refractivity contribution is -0.598. The fraction of sp³-hybridized carbons (Fsp3) is 0.488. The first-order chi connectivity index (χ1) is 19.8. The van der Waals surface area contributed by atoms with E-state index in [1.807, 2.05) is 11.3 Å². The highest BCUT2D eigenvalue weighted by molar-refractivity contribution is 7.09. The van der Waals surface area contributed by atoms with E-state index in [0.717, 1.165) is 6.42 Å². The Balaban J connectivity index is 0.00000442. The first-order valence-corrected chi connectivity index (χ1v) is 17.2. The molecule has 0 unspecified atom stereocenters. The number of aromatic nitrogens is 1. The summed E-state index contributed by atoms with van der Waals surface area (Å²) in [6.45, 7) is 28.1. The fourth-order valence-electron chi connectivity index (χ4n) is 6.18. The van der Waals surface area contributed by atoms with Crippen LogP contribution in [0.5, 0.6) is 0 Å². The van der Waals surface area contributed by atoms with Gasteiger partial charge in [0.25, 0.3) is 0 Å². The van der Waals surface area contributed by atoms with Gasteiger partial charge in [-0.2, -0.15) is 4.57 Å². The Morgan fingerprint density at radius 2 is 0.932 bits per heavy atom. The largest absolute Gasteiger partial charge is 1.00 e. The Bertz CT molecular complexity index is 1490. The number of halogens is 1. The summed E-state index contributed by atoms with van der Waals surface area (Å²) in [6.07, 6.45) is 4.92. The number of fused-ring (bicyclic) bond motifs is 1. The summed E-state index contributed by atoms with van der Waals surface area (Å²) in [6, 6.07) is 21.7. The molecule has 1 aliphatic carbocycles. The van der Waals surface area contributed by atoms with Crippen LogP contribution in [0.2, 0.25) is 0 Å². The van der Waals surface area contributed by atoms with Crippen LogP contribution in [0.15, 0.2) is 60.1 Å². The van der Waals surface area contributed by atoms with E-state index >= 15 is 0 Å². The summed E-state index contributed by atoms with van der Waals surface area (Å²) in [4.78, 5) is 1.56. The maximum absolute atomic E-state index is 2.57. The van der Waals surface area contributed by atoms with E-state index in [-0.39, 0.29) is 34.1 Å². The Morgan fingerprint density at radius 1 is 0.545 bits per heavy atom. The molecule has 0 spiro atoms. The smallest absolute Gasteiger partial charge is 0.231 e. The van der Waals surface area contributed by atoms with Crippen molar-refractivity contribution in [3.8, 4) is 27.9 Å². The third-order valence-electron chi connectivity index (χ3n) is 9.21. The van der Waals surface area contributed by atoms with Crippen LogP contribution in [0.1, 0.15) is 129 Å². The van der Waals surface area contributed by atoms with E-state index in [1.54, 1.807) is 4.88 Å². The second kappa shape index (κ2) is 12.1. The Labute approximate surface area is 278 Å². The van der Waals surface area contributed by atoms with Crippen molar-refractivity contribution >= 4 is 11.3 Å². The monoisotopic (exact) mass is 627 g/mol. The second-order valence-electron chi connectivity index (χ2n) is 17.0. The lowest BCUT2D eigenvalue weighted by atomic mass is 9.77. The van der Waals surface area contributed by atoms with E-state index in [2.05, 4.69) is 148 Å². The SMILES string of the molecule is CC(C)(C)c1cc(-c2cccc(-c3cc(C(C)(C)C)cc(C(C)(C)C)c3)c2-[n+]2csc3c2CCCC3)cc(C(C)(C)C)c1.[Cl-]. The van der Waals surface area contributed by atoms with Crippen LogP contribution in [0.25, 0.3) is 27.9 Å². The number of aryl methyl sites for hydroxylation is 1. The van der Waals surface area contributed by atoms with Gasteiger partial charge in [-0.25, -0.2) is 0 Å². The minimum absolute atomic E-state index is 0. The van der Waals surface area contributed by atoms with Crippen LogP contribution in [-0.4, -0.2) is 0 Å². The number of hydrogen-bond donors (Lipinski definition) is 0. The standard InChI is InChI=1S/C41H54NS.ClH/c1-38(2,3)29-20-27(21-30(24-29)39(4,5)6)33-16-15-17-34(37(33)42-26-43-36-19-14-13-18-35(36)42)28-22-31(40(7,8)9)25-32(23-28)41(10,11)12;/h15-17,20-26H,13-14,18-19H2,1-12H3;1H/q+1;/p-1. The van der Waals surface area contributed by atoms with Crippen molar-refractivity contribution < 1.29 is 17.0 Å². The molecule has 1 nitrogen and oxygen atoms in total. The van der Waals surface area contributed by atoms with Crippen molar-refractivity contribution in [1.29, 1.82) is 0 Å². The number of nitrogens with zero attached hydrogens (tertiary/aromatic N) is 1. The summed E-state index contributed by atoms with van der Waals surface area (Å²) < 4.78 is 2.57. The molecule has 0 saturated carbocycles. The molecule has 1 heterocycles. The maximum Gasteiger partial charge on any atom is 0.231 e. The van der Waals surface area contributed by atoms with Crippen molar-refractivity contribution in [3.63, 3.8) is 0 Å². The van der Waals surface area contributed by atoms with Crippen molar-refractivity contribution in [2.24, 2.45) is 0 Å². The van der Waals surface area contributed by atoms with Gasteiger partial charge < -0.3 is 12.4 Å². The number of thiazole rings is 1. The molecule has 0 fully saturated rings. The van der Waals surface area contributed by atoms with E-state index in [0.29, 0.717) is 0 Å². The predicted octanol–water partition coefficient (Wildman–Crippen LogP) is 8.43. The van der Waals surface area contributed by atoms with E-state index < -0.39 is 0 Å². The van der Waals surface area contributed by atoms with Gasteiger partial charge in [0.15, 0.2) is 0 Å². The van der Waals surface area contributed by atoms with E-state index in [4.69, 9.17) is 0 Å². The average molecular weight is 628 g/mol. The Kier molecular flexibility index (Phi) is 9.45. The molecule has 0 saturated heterocycles. The Morgan fingerprint density at radius 3 is 1.32 bits per heavy atom. The highest BCUT2D eigenvalue weighted by Gasteiger charge is 2.31. The quantitative estimate of drug-likeness (QED) is 0.201. The van der Waals surface area contributed by atoms with Crippen molar-refractivity contribution in [3.05, 3.63) is 92.9 Å². The van der Waals surface area contributed by atoms with Gasteiger partial charge in [-0.3, -0.25) is 0 Å². The molecule has 44 heavy (non-hydrogen) atoms. The van der Waals surface area contributed by atoms with E-state index in [9.17, 15) is 0 Å². The van der Waals surface area contributed by atoms with Gasteiger partial charge in [-0.05, 0) is 86.4 Å². The third kappa shape index (κ3) is 7.02. The first kappa shape index (κ1) is 34.5. The maximum atomic E-state index is 2.57. The fourth-order valence-corrected chi connectivity index (χ4v) is 7.24. The summed E-state index contributed by atoms with van der Waals surface area (Å²) in [5, 5.41) is 0. The summed E-state index contributed by atoms with van der Waals surface area (Å²) in [5.41, 5.74) is 16.4. The third-order valence-corrected chi connectivity index (χ3v) is 10.3. The second-order valence-corrected chi connectivity index (χ2v) is 17.9. The number of rotatable bonds is 3. The average Bonchev–Trinajstić information content (AvgIpc) is 3.34. The Hall–Kier alpha value is -2.42. The molecular formula is C41H54ClNS. The topological polar surface area (TPSA) is 3.88 Å². The zero-order chi connectivity index (χ0) is 31.5. The van der Waals surface area contributed by atoms with Crippen LogP contribution in [0, 0.1) is 0 Å². The van der Waals surface area contributed by atoms with Gasteiger partial charge in [-0.15, -0.1) is 0 Å². The number of para-hydroxylation sites is 1. The van der Waals surface area contributed by atoms with Crippen LogP contribution in [-0.2, 0) is 34.5 Å². The molecule has 0 amide bonds. The molecule has 1 aromatic heterocycles. The number of benzene rings is 3. The first-order valence-electron chi connectivity index (χ1n) is 16.3. The lowest BCUT2D eigenvalue weighted by Gasteiger charge is -2.27. The molecular weight excluding hydrogens is 574 g/mol. The molecule has 0 radical (unpaired) electrons. The van der Waals surface area contributed by atoms with Gasteiger partial charge in [0, 0.05) is 6.42 Å². The van der Waals surface area contributed by atoms with Gasteiger partial charge in [0.2, 0.25) is 16.9 Å². The molecule has 3 aromatic carbocycles. The van der Waals surface area contributed by atoms with Crippen LogP contribution in [0.4, 0.5) is 0 Å². The number of hydrogen-bond acceptors (Lipinski definition) is 1. The molecule has 0 atom stereocenters. The minimum Gasteiger partial charge on any atom is -1.00 e. The molecule has 0 bridgehead atoms. The normalized spacial score (nSPS) is 14.3. The lowest BCUT2D eigenvalue weighted by Crippen LogP contribution is -3.00. The van der Waals surface area contributed by atoms with Gasteiger partial charge in [0.05, 0.1) is 16.0 Å². The van der Waals surface area contributed by atoms with Crippen molar-refractivity contribution in [2.75, 3.05) is 0 Å². The van der Waals surface area contributed by atoms with Gasteiger partial charge >= 0.3 is 0 Å². The predicted molar refractivity (Wildman–Crippen MR) is 188 cm³/mol. The highest BCUT2D eigenvalue weighted by Crippen LogP contribution is 2.41. The molecule has 1 aliphatic rings. The van der Waals surface area contributed by atoms with Gasteiger partial charge in [-0.1, -0.05) is 137 Å². The summed E-state index contributed by atoms with van der Waals surface area (Å²) >= 11 is 1.95. The molecule has 0 aliphatic heterocycles. The molecule has 0 N–H and O–H groups in total. The summed E-state index contributed by atoms with van der Waals surface area (Å²) in [5.74, 6) is 0. The highest BCUT2D eigenvalue weighted by atomic mass is 35.5. The van der Waals surface area contributed by atoms with Crippen LogP contribution >= 0.6 is 11.3 Å². The molecule has 236 valence electrons. The van der Waals surface area contributed by atoms with Crippen molar-refractivity contribution in [1.82, 2.24) is 0 Å². The van der Waals surface area contributed by atoms with E-state index in [1.165, 1.54) is 75.2 Å². The summed E-state index contributed by atoms with van der Waals surface area (Å²) in [7, 11) is 0. The van der Waals surface area contributed by atoms with Crippen molar-refractivity contribution in [2.45, 2.75) is 130 Å². The minimum atomic E-state index is 0. The van der Waals surface area contributed by atoms with Gasteiger partial charge in [0.1, 0.15) is 0 Å². The zero-order valence-electron chi connectivity index (χ0n) is 29.3. The molecule has 4 aromatic rings. The molecule has 5 rings (SSSR count).